The van der Waals surface area contributed by atoms with Gasteiger partial charge in [0, 0.05) is 11.0 Å². The molecular weight excluding hydrogens is 548 g/mol. The lowest BCUT2D eigenvalue weighted by atomic mass is 10.2. The monoisotopic (exact) mass is 572 g/mol. The van der Waals surface area contributed by atoms with Gasteiger partial charge in [-0.15, -0.1) is 0 Å². The number of hydrogen-bond donors (Lipinski definition) is 2. The van der Waals surface area contributed by atoms with E-state index in [2.05, 4.69) is 31.8 Å². The summed E-state index contributed by atoms with van der Waals surface area (Å²) < 4.78 is 31.4. The molecule has 0 radical (unpaired) electrons. The van der Waals surface area contributed by atoms with Gasteiger partial charge >= 0.3 is 0 Å². The Morgan fingerprint density at radius 1 is 0.972 bits per heavy atom. The van der Waals surface area contributed by atoms with Gasteiger partial charge in [-0.3, -0.25) is 13.9 Å². The van der Waals surface area contributed by atoms with Gasteiger partial charge in [0.15, 0.2) is 6.61 Å². The Labute approximate surface area is 218 Å². The highest BCUT2D eigenvalue weighted by molar-refractivity contribution is 9.10. The number of hydrogen-bond acceptors (Lipinski definition) is 6. The second-order valence-electron chi connectivity index (χ2n) is 7.63. The van der Waals surface area contributed by atoms with Crippen LogP contribution >= 0.6 is 15.9 Å². The number of carbonyl (C=O) groups is 2. The van der Waals surface area contributed by atoms with Crippen LogP contribution in [0.3, 0.4) is 0 Å². The van der Waals surface area contributed by atoms with Crippen molar-refractivity contribution in [3.63, 3.8) is 0 Å². The van der Waals surface area contributed by atoms with Gasteiger partial charge in [-0.05, 0) is 63.5 Å². The van der Waals surface area contributed by atoms with Crippen molar-refractivity contribution in [2.24, 2.45) is 5.10 Å². The van der Waals surface area contributed by atoms with Gasteiger partial charge in [0.1, 0.15) is 12.3 Å². The number of halogens is 1. The van der Waals surface area contributed by atoms with Crippen LogP contribution in [0.25, 0.3) is 0 Å². The minimum atomic E-state index is -3.70. The summed E-state index contributed by atoms with van der Waals surface area (Å²) in [5.41, 5.74) is 4.35. The summed E-state index contributed by atoms with van der Waals surface area (Å²) in [4.78, 5) is 24.3. The molecule has 0 aliphatic heterocycles. The maximum absolute atomic E-state index is 12.3. The van der Waals surface area contributed by atoms with Gasteiger partial charge in [-0.25, -0.2) is 13.8 Å². The average Bonchev–Trinajstić information content (AvgIpc) is 2.86. The third-order valence-corrected chi connectivity index (χ3v) is 6.59. The van der Waals surface area contributed by atoms with Crippen molar-refractivity contribution in [2.45, 2.75) is 6.54 Å². The Kier molecular flexibility index (Phi) is 9.60. The van der Waals surface area contributed by atoms with Gasteiger partial charge in [0.2, 0.25) is 10.0 Å². The standard InChI is InChI=1S/C25H25BrN4O5S/c1-36(33,34)30(23-10-6-5-9-22(23)26)17-24(31)29-28-16-20-11-13-21(14-12-20)35-18-25(32)27-15-19-7-3-2-4-8-19/h2-14,16H,15,17-18H2,1H3,(H,27,32)(H,29,31)/b28-16-. The number of nitrogens with one attached hydrogen (secondary N) is 2. The lowest BCUT2D eigenvalue weighted by Crippen LogP contribution is -2.39. The highest BCUT2D eigenvalue weighted by Gasteiger charge is 2.22. The van der Waals surface area contributed by atoms with Crippen LogP contribution in [0.4, 0.5) is 5.69 Å². The molecule has 0 bridgehead atoms. The number of benzene rings is 3. The molecular formula is C25H25BrN4O5S. The Balaban J connectivity index is 1.47. The first-order valence-electron chi connectivity index (χ1n) is 10.8. The third kappa shape index (κ3) is 8.51. The molecule has 2 N–H and O–H groups in total. The molecule has 36 heavy (non-hydrogen) atoms. The van der Waals surface area contributed by atoms with Crippen LogP contribution in [-0.4, -0.2) is 45.9 Å². The number of rotatable bonds is 11. The zero-order valence-corrected chi connectivity index (χ0v) is 21.8. The molecule has 0 aromatic heterocycles. The van der Waals surface area contributed by atoms with Crippen molar-refractivity contribution >= 4 is 49.7 Å². The fourth-order valence-electron chi connectivity index (χ4n) is 3.03. The first kappa shape index (κ1) is 26.9. The van der Waals surface area contributed by atoms with Crippen LogP contribution in [0.15, 0.2) is 88.4 Å². The molecule has 0 saturated heterocycles. The molecule has 3 aromatic rings. The summed E-state index contributed by atoms with van der Waals surface area (Å²) in [6.45, 7) is -0.128. The first-order chi connectivity index (χ1) is 17.2. The maximum Gasteiger partial charge on any atom is 0.260 e. The summed E-state index contributed by atoms with van der Waals surface area (Å²) in [7, 11) is -3.70. The molecule has 0 atom stereocenters. The van der Waals surface area contributed by atoms with Crippen molar-refractivity contribution in [1.82, 2.24) is 10.7 Å². The molecule has 11 heteroatoms. The molecule has 3 aromatic carbocycles. The maximum atomic E-state index is 12.3. The average molecular weight is 573 g/mol. The molecule has 3 rings (SSSR count). The van der Waals surface area contributed by atoms with E-state index in [-0.39, 0.29) is 12.5 Å². The molecule has 0 fully saturated rings. The molecule has 0 aliphatic rings. The number of ether oxygens (including phenoxy) is 1. The van der Waals surface area contributed by atoms with Gasteiger partial charge in [-0.1, -0.05) is 42.5 Å². The van der Waals surface area contributed by atoms with Crippen LogP contribution in [-0.2, 0) is 26.2 Å². The van der Waals surface area contributed by atoms with Crippen molar-refractivity contribution in [2.75, 3.05) is 23.7 Å². The van der Waals surface area contributed by atoms with Crippen molar-refractivity contribution in [1.29, 1.82) is 0 Å². The summed E-state index contributed by atoms with van der Waals surface area (Å²) in [6, 6.07) is 23.0. The van der Waals surface area contributed by atoms with E-state index in [1.54, 1.807) is 48.5 Å². The number of anilines is 1. The quantitative estimate of drug-likeness (QED) is 0.270. The second kappa shape index (κ2) is 12.8. The first-order valence-corrected chi connectivity index (χ1v) is 13.4. The Morgan fingerprint density at radius 3 is 2.31 bits per heavy atom. The highest BCUT2D eigenvalue weighted by Crippen LogP contribution is 2.27. The van der Waals surface area contributed by atoms with Crippen molar-refractivity contribution in [3.8, 4) is 5.75 Å². The van der Waals surface area contributed by atoms with Gasteiger partial charge < -0.3 is 10.1 Å². The molecule has 0 aliphatic carbocycles. The molecule has 2 amide bonds. The zero-order chi connectivity index (χ0) is 26.0. The minimum absolute atomic E-state index is 0.120. The second-order valence-corrected chi connectivity index (χ2v) is 10.4. The predicted molar refractivity (Wildman–Crippen MR) is 142 cm³/mol. The van der Waals surface area contributed by atoms with Crippen molar-refractivity contribution in [3.05, 3.63) is 94.5 Å². The van der Waals surface area contributed by atoms with E-state index in [9.17, 15) is 18.0 Å². The lowest BCUT2D eigenvalue weighted by molar-refractivity contribution is -0.123. The fraction of sp³-hybridized carbons (Fsp3) is 0.160. The molecule has 188 valence electrons. The van der Waals surface area contributed by atoms with E-state index < -0.39 is 22.5 Å². The lowest BCUT2D eigenvalue weighted by Gasteiger charge is -2.22. The van der Waals surface area contributed by atoms with Gasteiger partial charge in [-0.2, -0.15) is 5.10 Å². The smallest absolute Gasteiger partial charge is 0.260 e. The number of nitrogens with zero attached hydrogens (tertiary/aromatic N) is 2. The van der Waals surface area contributed by atoms with Gasteiger partial charge in [0.05, 0.1) is 18.2 Å². The van der Waals surface area contributed by atoms with E-state index in [0.717, 1.165) is 16.1 Å². The normalized spacial score (nSPS) is 11.2. The summed E-state index contributed by atoms with van der Waals surface area (Å²) in [5.74, 6) is -0.338. The zero-order valence-electron chi connectivity index (χ0n) is 19.4. The van der Waals surface area contributed by atoms with E-state index in [0.29, 0.717) is 28.0 Å². The van der Waals surface area contributed by atoms with E-state index in [4.69, 9.17) is 4.74 Å². The predicted octanol–water partition coefficient (Wildman–Crippen LogP) is 3.06. The Hall–Kier alpha value is -3.70. The van der Waals surface area contributed by atoms with Crippen LogP contribution in [0, 0.1) is 0 Å². The summed E-state index contributed by atoms with van der Waals surface area (Å²) in [5, 5.41) is 6.67. The van der Waals surface area contributed by atoms with Gasteiger partial charge in [0.25, 0.3) is 11.8 Å². The molecule has 0 unspecified atom stereocenters. The molecule has 9 nitrogen and oxygen atoms in total. The van der Waals surface area contributed by atoms with Crippen LogP contribution in [0.2, 0.25) is 0 Å². The number of amides is 2. The van der Waals surface area contributed by atoms with Crippen molar-refractivity contribution < 1.29 is 22.7 Å². The highest BCUT2D eigenvalue weighted by atomic mass is 79.9. The molecule has 0 spiro atoms. The fourth-order valence-corrected chi connectivity index (χ4v) is 4.51. The number of carbonyl (C=O) groups excluding carboxylic acids is 2. The summed E-state index contributed by atoms with van der Waals surface area (Å²) >= 11 is 3.30. The molecule has 0 saturated carbocycles. The number of hydrazone groups is 1. The van der Waals surface area contributed by atoms with E-state index in [1.165, 1.54) is 6.21 Å². The largest absolute Gasteiger partial charge is 0.484 e. The SMILES string of the molecule is CS(=O)(=O)N(CC(=O)N/N=C\c1ccc(OCC(=O)NCc2ccccc2)cc1)c1ccccc1Br. The van der Waals surface area contributed by atoms with E-state index >= 15 is 0 Å². The van der Waals surface area contributed by atoms with Crippen LogP contribution < -0.4 is 19.8 Å². The number of para-hydroxylation sites is 1. The van der Waals surface area contributed by atoms with Crippen LogP contribution in [0.1, 0.15) is 11.1 Å². The summed E-state index contributed by atoms with van der Waals surface area (Å²) in [6.07, 6.45) is 2.44. The Morgan fingerprint density at radius 2 is 1.64 bits per heavy atom. The third-order valence-electron chi connectivity index (χ3n) is 4.79. The molecule has 0 heterocycles. The Bertz CT molecular complexity index is 1320. The van der Waals surface area contributed by atoms with E-state index in [1.807, 2.05) is 30.3 Å². The minimum Gasteiger partial charge on any atom is -0.484 e. The topological polar surface area (TPSA) is 117 Å². The van der Waals surface area contributed by atoms with Crippen LogP contribution in [0.5, 0.6) is 5.75 Å². The number of sulfonamides is 1.